The van der Waals surface area contributed by atoms with Crippen LogP contribution in [0.1, 0.15) is 26.3 Å². The van der Waals surface area contributed by atoms with Gasteiger partial charge in [-0.25, -0.2) is 0 Å². The summed E-state index contributed by atoms with van der Waals surface area (Å²) in [5.74, 6) is -0.253. The Morgan fingerprint density at radius 3 is 2.52 bits per heavy atom. The molecule has 5 heteroatoms. The zero-order valence-corrected chi connectivity index (χ0v) is 16.0. The number of anilines is 2. The number of rotatable bonds is 4. The molecule has 1 atom stereocenters. The second-order valence-corrected chi connectivity index (χ2v) is 7.79. The quantitative estimate of drug-likeness (QED) is 0.806. The number of halogens is 1. The van der Waals surface area contributed by atoms with Gasteiger partial charge in [0.05, 0.1) is 0 Å². The minimum atomic E-state index is -0.420. The van der Waals surface area contributed by atoms with Crippen molar-refractivity contribution in [3.05, 3.63) is 53.8 Å². The molecule has 0 saturated heterocycles. The first-order valence-electron chi connectivity index (χ1n) is 7.45. The van der Waals surface area contributed by atoms with E-state index in [0.29, 0.717) is 6.54 Å². The summed E-state index contributed by atoms with van der Waals surface area (Å²) < 4.78 is 14.2. The van der Waals surface area contributed by atoms with Gasteiger partial charge in [-0.15, -0.1) is 0 Å². The van der Waals surface area contributed by atoms with Crippen LogP contribution in [0.25, 0.3) is 0 Å². The molecule has 0 aromatic heterocycles. The first-order valence-corrected chi connectivity index (χ1v) is 8.66. The van der Waals surface area contributed by atoms with E-state index < -0.39 is 5.41 Å². The zero-order chi connectivity index (χ0) is 17.0. The van der Waals surface area contributed by atoms with Gasteiger partial charge in [0.2, 0.25) is 0 Å². The predicted molar refractivity (Wildman–Crippen MR) is 96.4 cm³/mol. The van der Waals surface area contributed by atoms with Gasteiger partial charge in [-0.1, -0.05) is 0 Å². The molecule has 2 rings (SSSR count). The van der Waals surface area contributed by atoms with Gasteiger partial charge in [-0.05, 0) is 0 Å². The molecule has 0 saturated carbocycles. The Balaban J connectivity index is 2.03. The molecule has 0 spiro atoms. The van der Waals surface area contributed by atoms with Crippen LogP contribution in [0.2, 0.25) is 0 Å². The van der Waals surface area contributed by atoms with E-state index in [0.717, 1.165) is 21.3 Å². The first kappa shape index (κ1) is 17.6. The van der Waals surface area contributed by atoms with Crippen molar-refractivity contribution >= 4 is 38.5 Å². The standard InChI is InChI=1S/C18H22AsFN2O/c1-18(2,3)17(23)22-16-8-7-12(9-15(16)19)11-21-14-6-4-5-13(20)10-14/h4-10,21H,11,19H2,1-3H3,(H,22,23). The molecular formula is C18H22AsFN2O. The van der Waals surface area contributed by atoms with Crippen LogP contribution < -0.4 is 15.0 Å². The summed E-state index contributed by atoms with van der Waals surface area (Å²) in [4.78, 5) is 12.1. The second-order valence-electron chi connectivity index (χ2n) is 6.49. The van der Waals surface area contributed by atoms with E-state index >= 15 is 0 Å². The van der Waals surface area contributed by atoms with E-state index in [1.165, 1.54) is 29.0 Å². The number of carbonyl (C=O) groups is 1. The molecule has 1 amide bonds. The van der Waals surface area contributed by atoms with Crippen LogP contribution in [0.4, 0.5) is 15.8 Å². The summed E-state index contributed by atoms with van der Waals surface area (Å²) >= 11 is 1.46. The fourth-order valence-electron chi connectivity index (χ4n) is 1.95. The molecule has 2 N–H and O–H groups in total. The van der Waals surface area contributed by atoms with E-state index in [1.54, 1.807) is 6.07 Å². The number of carbonyl (C=O) groups excluding carboxylic acids is 1. The van der Waals surface area contributed by atoms with Crippen molar-refractivity contribution in [2.45, 2.75) is 27.3 Å². The van der Waals surface area contributed by atoms with Crippen molar-refractivity contribution in [3.8, 4) is 0 Å². The first-order chi connectivity index (χ1) is 10.8. The molecule has 2 aromatic rings. The topological polar surface area (TPSA) is 41.1 Å². The number of hydrogen-bond donors (Lipinski definition) is 2. The molecule has 3 nitrogen and oxygen atoms in total. The van der Waals surface area contributed by atoms with Crippen LogP contribution in [0.5, 0.6) is 0 Å². The number of amides is 1. The van der Waals surface area contributed by atoms with Crippen molar-refractivity contribution in [2.24, 2.45) is 5.41 Å². The molecule has 0 radical (unpaired) electrons. The Labute approximate surface area is 145 Å². The molecule has 0 fully saturated rings. The third kappa shape index (κ3) is 5.11. The van der Waals surface area contributed by atoms with Gasteiger partial charge in [0, 0.05) is 0 Å². The Morgan fingerprint density at radius 2 is 1.91 bits per heavy atom. The van der Waals surface area contributed by atoms with Gasteiger partial charge in [0.15, 0.2) is 0 Å². The third-order valence-electron chi connectivity index (χ3n) is 3.37. The Bertz CT molecular complexity index is 710. The van der Waals surface area contributed by atoms with E-state index in [2.05, 4.69) is 10.6 Å². The van der Waals surface area contributed by atoms with E-state index in [-0.39, 0.29) is 11.7 Å². The van der Waals surface area contributed by atoms with Gasteiger partial charge in [-0.3, -0.25) is 0 Å². The molecule has 122 valence electrons. The van der Waals surface area contributed by atoms with Crippen LogP contribution in [0, 0.1) is 11.2 Å². The van der Waals surface area contributed by atoms with Crippen molar-refractivity contribution in [2.75, 3.05) is 10.6 Å². The molecule has 2 aromatic carbocycles. The summed E-state index contributed by atoms with van der Waals surface area (Å²) in [6.07, 6.45) is 0. The molecule has 0 heterocycles. The Kier molecular flexibility index (Phi) is 5.48. The van der Waals surface area contributed by atoms with E-state index in [4.69, 9.17) is 0 Å². The van der Waals surface area contributed by atoms with Gasteiger partial charge < -0.3 is 0 Å². The molecule has 1 unspecified atom stereocenters. The molecule has 0 aliphatic carbocycles. The second kappa shape index (κ2) is 7.18. The average molecular weight is 376 g/mol. The van der Waals surface area contributed by atoms with Crippen LogP contribution >= 0.6 is 0 Å². The summed E-state index contributed by atoms with van der Waals surface area (Å²) in [5, 5.41) is 6.16. The predicted octanol–water partition coefficient (Wildman–Crippen LogP) is 2.68. The van der Waals surface area contributed by atoms with Gasteiger partial charge in [0.25, 0.3) is 0 Å². The maximum absolute atomic E-state index is 13.2. The third-order valence-corrected chi connectivity index (χ3v) is 4.37. The van der Waals surface area contributed by atoms with Crippen LogP contribution in [-0.4, -0.2) is 22.8 Å². The molecule has 0 bridgehead atoms. The van der Waals surface area contributed by atoms with E-state index in [1.807, 2.05) is 45.0 Å². The Hall–Kier alpha value is -1.80. The minimum absolute atomic E-state index is 0.00188. The zero-order valence-electron chi connectivity index (χ0n) is 13.6. The van der Waals surface area contributed by atoms with Crippen molar-refractivity contribution in [3.63, 3.8) is 0 Å². The number of hydrogen-bond acceptors (Lipinski definition) is 2. The van der Waals surface area contributed by atoms with Gasteiger partial charge >= 0.3 is 145 Å². The monoisotopic (exact) mass is 376 g/mol. The van der Waals surface area contributed by atoms with Crippen LogP contribution in [0.3, 0.4) is 0 Å². The van der Waals surface area contributed by atoms with Crippen molar-refractivity contribution in [1.82, 2.24) is 0 Å². The van der Waals surface area contributed by atoms with Crippen LogP contribution in [-0.2, 0) is 11.3 Å². The van der Waals surface area contributed by atoms with Crippen molar-refractivity contribution in [1.29, 1.82) is 0 Å². The number of nitrogens with one attached hydrogen (secondary N) is 2. The Morgan fingerprint density at radius 1 is 1.17 bits per heavy atom. The van der Waals surface area contributed by atoms with E-state index in [9.17, 15) is 9.18 Å². The SMILES string of the molecule is CC(C)(C)C(=O)Nc1ccc(CNc2cccc(F)c2)cc1[AsH2]. The van der Waals surface area contributed by atoms with Gasteiger partial charge in [-0.2, -0.15) is 0 Å². The molecule has 0 aliphatic rings. The molecule has 23 heavy (non-hydrogen) atoms. The summed E-state index contributed by atoms with van der Waals surface area (Å²) in [6, 6.07) is 12.3. The maximum atomic E-state index is 13.2. The fraction of sp³-hybridized carbons (Fsp3) is 0.278. The van der Waals surface area contributed by atoms with Gasteiger partial charge in [0.1, 0.15) is 0 Å². The summed E-state index contributed by atoms with van der Waals surface area (Å²) in [5.41, 5.74) is 2.26. The average Bonchev–Trinajstić information content (AvgIpc) is 2.46. The van der Waals surface area contributed by atoms with Crippen molar-refractivity contribution < 1.29 is 9.18 Å². The summed E-state index contributed by atoms with van der Waals surface area (Å²) in [7, 11) is 0. The molecular weight excluding hydrogens is 354 g/mol. The normalized spacial score (nSPS) is 11.2. The summed E-state index contributed by atoms with van der Waals surface area (Å²) in [6.45, 7) is 6.27. The molecule has 0 aliphatic heterocycles. The number of benzene rings is 2. The fourth-order valence-corrected chi connectivity index (χ4v) is 2.75. The van der Waals surface area contributed by atoms with Crippen LogP contribution in [0.15, 0.2) is 42.5 Å².